The van der Waals surface area contributed by atoms with E-state index in [0.717, 1.165) is 55.8 Å². The molecule has 0 atom stereocenters. The van der Waals surface area contributed by atoms with Crippen LogP contribution in [0.1, 0.15) is 11.1 Å². The summed E-state index contributed by atoms with van der Waals surface area (Å²) >= 11 is 0. The fraction of sp³-hybridized carbons (Fsp3) is 0.292. The molecule has 1 aliphatic heterocycles. The largest absolute Gasteiger partial charge is 0.360 e. The van der Waals surface area contributed by atoms with Gasteiger partial charge in [-0.1, -0.05) is 24.3 Å². The highest BCUT2D eigenvalue weighted by molar-refractivity contribution is 6.05. The third-order valence-electron chi connectivity index (χ3n) is 6.46. The molecule has 1 heterocycles. The minimum absolute atomic E-state index is 0.0393. The van der Waals surface area contributed by atoms with E-state index in [1.807, 2.05) is 6.07 Å². The van der Waals surface area contributed by atoms with E-state index in [0.29, 0.717) is 6.54 Å². The molecule has 3 aromatic rings. The molecule has 1 fully saturated rings. The molecule has 2 aliphatic rings. The molecule has 2 N–H and O–H groups in total. The van der Waals surface area contributed by atoms with Crippen molar-refractivity contribution >= 4 is 33.7 Å². The first-order valence-corrected chi connectivity index (χ1v) is 10.7. The molecule has 0 aromatic heterocycles. The van der Waals surface area contributed by atoms with Gasteiger partial charge in [-0.25, -0.2) is 0 Å². The molecule has 0 spiro atoms. The monoisotopic (exact) mass is 417 g/mol. The van der Waals surface area contributed by atoms with Crippen LogP contribution < -0.4 is 15.1 Å². The second-order valence-corrected chi connectivity index (χ2v) is 8.35. The minimum Gasteiger partial charge on any atom is -0.360 e. The Kier molecular flexibility index (Phi) is 5.03. The van der Waals surface area contributed by atoms with Gasteiger partial charge in [0.05, 0.1) is 31.1 Å². The maximum absolute atomic E-state index is 12.8. The molecule has 1 aliphatic carbocycles. The highest BCUT2D eigenvalue weighted by Crippen LogP contribution is 2.34. The van der Waals surface area contributed by atoms with Crippen LogP contribution in [-0.4, -0.2) is 43.6 Å². The van der Waals surface area contributed by atoms with Crippen molar-refractivity contribution in [3.05, 3.63) is 75.8 Å². The van der Waals surface area contributed by atoms with Crippen molar-refractivity contribution in [2.45, 2.75) is 12.8 Å². The Bertz CT molecular complexity index is 1140. The van der Waals surface area contributed by atoms with Crippen LogP contribution in [-0.2, 0) is 17.6 Å². The van der Waals surface area contributed by atoms with Gasteiger partial charge < -0.3 is 15.1 Å². The van der Waals surface area contributed by atoms with Crippen LogP contribution in [0.4, 0.5) is 17.1 Å². The first kappa shape index (κ1) is 19.5. The number of nitrogens with zero attached hydrogens (tertiary/aromatic N) is 2. The number of hydrogen-bond acceptors (Lipinski definition) is 4. The fourth-order valence-electron chi connectivity index (χ4n) is 4.82. The van der Waals surface area contributed by atoms with Gasteiger partial charge in [-0.05, 0) is 47.6 Å². The summed E-state index contributed by atoms with van der Waals surface area (Å²) in [6, 6.07) is 17.2. The van der Waals surface area contributed by atoms with Gasteiger partial charge in [-0.3, -0.25) is 14.9 Å². The summed E-state index contributed by atoms with van der Waals surface area (Å²) in [7, 11) is 0. The number of benzene rings is 3. The lowest BCUT2D eigenvalue weighted by atomic mass is 10.0. The number of carbonyl (C=O) groups is 1. The molecule has 7 nitrogen and oxygen atoms in total. The lowest BCUT2D eigenvalue weighted by Crippen LogP contribution is -3.15. The highest BCUT2D eigenvalue weighted by atomic mass is 16.6. The smallest absolute Gasteiger partial charge is 0.279 e. The van der Waals surface area contributed by atoms with Gasteiger partial charge in [0, 0.05) is 28.9 Å². The maximum Gasteiger partial charge on any atom is 0.279 e. The molecule has 0 radical (unpaired) electrons. The lowest BCUT2D eigenvalue weighted by Gasteiger charge is -2.33. The first-order valence-electron chi connectivity index (χ1n) is 10.7. The normalized spacial score (nSPS) is 15.9. The molecule has 7 heteroatoms. The standard InChI is InChI=1S/C24H24N4O3/c29-23(25-22-11-6-18-5-4-17-2-1-3-21(22)24(17)18)16-26-12-14-27(15-13-26)19-7-9-20(10-8-19)28(30)31/h1-3,6-11H,4-5,12-16H2,(H,25,29)/p+1. The number of anilines is 2. The molecular weight excluding hydrogens is 392 g/mol. The van der Waals surface area contributed by atoms with E-state index < -0.39 is 0 Å². The van der Waals surface area contributed by atoms with Gasteiger partial charge in [0.2, 0.25) is 0 Å². The number of nitro groups is 1. The number of rotatable bonds is 5. The molecule has 31 heavy (non-hydrogen) atoms. The second-order valence-electron chi connectivity index (χ2n) is 8.35. The highest BCUT2D eigenvalue weighted by Gasteiger charge is 2.23. The summed E-state index contributed by atoms with van der Waals surface area (Å²) in [4.78, 5) is 26.7. The zero-order valence-electron chi connectivity index (χ0n) is 17.3. The van der Waals surface area contributed by atoms with Crippen LogP contribution in [0.15, 0.2) is 54.6 Å². The van der Waals surface area contributed by atoms with Crippen LogP contribution in [0.25, 0.3) is 10.8 Å². The predicted octanol–water partition coefficient (Wildman–Crippen LogP) is 2.19. The summed E-state index contributed by atoms with van der Waals surface area (Å²) in [6.45, 7) is 3.79. The summed E-state index contributed by atoms with van der Waals surface area (Å²) in [6.07, 6.45) is 2.15. The zero-order valence-corrected chi connectivity index (χ0v) is 17.3. The number of nitrogens with one attached hydrogen (secondary N) is 2. The molecule has 0 unspecified atom stereocenters. The Hall–Kier alpha value is -3.45. The molecule has 0 saturated carbocycles. The SMILES string of the molecule is O=C(C[NH+]1CCN(c2ccc([N+](=O)[O-])cc2)CC1)Nc1ccc2c3c(cccc13)CC2. The number of non-ortho nitro benzene ring substituents is 1. The van der Waals surface area contributed by atoms with E-state index in [-0.39, 0.29) is 16.5 Å². The van der Waals surface area contributed by atoms with Crippen LogP contribution in [0.2, 0.25) is 0 Å². The summed E-state index contributed by atoms with van der Waals surface area (Å²) in [5.74, 6) is 0.0393. The Morgan fingerprint density at radius 3 is 2.42 bits per heavy atom. The minimum atomic E-state index is -0.382. The summed E-state index contributed by atoms with van der Waals surface area (Å²) in [5.41, 5.74) is 4.74. The number of aryl methyl sites for hydroxylation is 2. The van der Waals surface area contributed by atoms with Gasteiger partial charge in [-0.15, -0.1) is 0 Å². The van der Waals surface area contributed by atoms with Crippen molar-refractivity contribution in [3.63, 3.8) is 0 Å². The van der Waals surface area contributed by atoms with E-state index in [4.69, 9.17) is 0 Å². The Labute approximate surface area is 180 Å². The van der Waals surface area contributed by atoms with E-state index in [1.54, 1.807) is 24.3 Å². The van der Waals surface area contributed by atoms with Gasteiger partial charge in [0.25, 0.3) is 11.6 Å². The van der Waals surface area contributed by atoms with Crippen LogP contribution in [0.3, 0.4) is 0 Å². The number of nitro benzene ring substituents is 1. The molecular formula is C24H25N4O3+. The van der Waals surface area contributed by atoms with Crippen LogP contribution in [0.5, 0.6) is 0 Å². The number of piperazine rings is 1. The zero-order chi connectivity index (χ0) is 21.4. The van der Waals surface area contributed by atoms with Crippen molar-refractivity contribution in [3.8, 4) is 0 Å². The van der Waals surface area contributed by atoms with Crippen molar-refractivity contribution in [1.82, 2.24) is 0 Å². The van der Waals surface area contributed by atoms with Crippen LogP contribution >= 0.6 is 0 Å². The first-order chi connectivity index (χ1) is 15.1. The number of carbonyl (C=O) groups excluding carboxylic acids is 1. The van der Waals surface area contributed by atoms with E-state index in [2.05, 4.69) is 34.5 Å². The lowest BCUT2D eigenvalue weighted by molar-refractivity contribution is -0.892. The molecule has 1 amide bonds. The number of hydrogen-bond donors (Lipinski definition) is 2. The molecule has 1 saturated heterocycles. The molecule has 5 rings (SSSR count). The van der Waals surface area contributed by atoms with E-state index in [9.17, 15) is 14.9 Å². The number of quaternary nitrogens is 1. The van der Waals surface area contributed by atoms with Crippen molar-refractivity contribution < 1.29 is 14.6 Å². The van der Waals surface area contributed by atoms with Crippen molar-refractivity contribution in [2.75, 3.05) is 42.9 Å². The second kappa shape index (κ2) is 8.00. The average molecular weight is 417 g/mol. The molecule has 0 bridgehead atoms. The van der Waals surface area contributed by atoms with Crippen molar-refractivity contribution in [1.29, 1.82) is 0 Å². The topological polar surface area (TPSA) is 79.9 Å². The third-order valence-corrected chi connectivity index (χ3v) is 6.46. The molecule has 3 aromatic carbocycles. The van der Waals surface area contributed by atoms with Crippen molar-refractivity contribution in [2.24, 2.45) is 0 Å². The Balaban J connectivity index is 1.19. The maximum atomic E-state index is 12.8. The Morgan fingerprint density at radius 1 is 1.00 bits per heavy atom. The van der Waals surface area contributed by atoms with E-state index in [1.165, 1.54) is 21.4 Å². The van der Waals surface area contributed by atoms with E-state index >= 15 is 0 Å². The summed E-state index contributed by atoms with van der Waals surface area (Å²) < 4.78 is 0. The van der Waals surface area contributed by atoms with Gasteiger partial charge in [0.1, 0.15) is 0 Å². The average Bonchev–Trinajstić information content (AvgIpc) is 3.21. The van der Waals surface area contributed by atoms with Gasteiger partial charge in [-0.2, -0.15) is 0 Å². The van der Waals surface area contributed by atoms with Gasteiger partial charge in [0.15, 0.2) is 6.54 Å². The van der Waals surface area contributed by atoms with Crippen LogP contribution in [0, 0.1) is 10.1 Å². The summed E-state index contributed by atoms with van der Waals surface area (Å²) in [5, 5.41) is 16.4. The predicted molar refractivity (Wildman–Crippen MR) is 121 cm³/mol. The fourth-order valence-corrected chi connectivity index (χ4v) is 4.82. The third kappa shape index (κ3) is 3.84. The van der Waals surface area contributed by atoms with Gasteiger partial charge >= 0.3 is 0 Å². The Morgan fingerprint density at radius 2 is 1.71 bits per heavy atom. The molecule has 158 valence electrons. The quantitative estimate of drug-likeness (QED) is 0.493. The number of amides is 1.